The lowest BCUT2D eigenvalue weighted by Gasteiger charge is -2.62. The molecule has 4 aliphatic carbocycles. The molecule has 2 spiro atoms. The van der Waals surface area contributed by atoms with Gasteiger partial charge in [-0.25, -0.2) is 4.79 Å². The topological polar surface area (TPSA) is 55.9 Å². The predicted octanol–water partition coefficient (Wildman–Crippen LogP) is 8.42. The molecule has 0 radical (unpaired) electrons. The molecule has 9 atom stereocenters. The second-order valence-corrected chi connectivity index (χ2v) is 15.9. The summed E-state index contributed by atoms with van der Waals surface area (Å²) in [6.45, 7) is 16.5. The molecule has 4 heteroatoms. The van der Waals surface area contributed by atoms with Crippen LogP contribution in [0.4, 0.5) is 0 Å². The van der Waals surface area contributed by atoms with E-state index in [2.05, 4.69) is 48.5 Å². The van der Waals surface area contributed by atoms with E-state index < -0.39 is 5.60 Å². The van der Waals surface area contributed by atoms with Gasteiger partial charge in [-0.2, -0.15) is 0 Å². The maximum Gasteiger partial charge on any atom is 0.338 e. The van der Waals surface area contributed by atoms with Crippen LogP contribution in [0.15, 0.2) is 30.3 Å². The largest absolute Gasteiger partial charge is 0.458 e. The molecule has 0 amide bonds. The Kier molecular flexibility index (Phi) is 6.69. The number of rotatable bonds is 7. The van der Waals surface area contributed by atoms with Crippen LogP contribution in [0.1, 0.15) is 123 Å². The van der Waals surface area contributed by atoms with Crippen molar-refractivity contribution in [2.45, 2.75) is 130 Å². The Balaban J connectivity index is 1.23. The fraction of sp³-hybridized carbons (Fsp3) is 0.778. The maximum atomic E-state index is 14.4. The van der Waals surface area contributed by atoms with Crippen LogP contribution in [0.5, 0.6) is 0 Å². The minimum Gasteiger partial charge on any atom is -0.458 e. The van der Waals surface area contributed by atoms with E-state index in [-0.39, 0.29) is 45.8 Å². The Morgan fingerprint density at radius 3 is 2.38 bits per heavy atom. The van der Waals surface area contributed by atoms with Crippen molar-refractivity contribution >= 4 is 11.8 Å². The molecular weight excluding hydrogens is 496 g/mol. The standard InChI is InChI=1S/C36H52O4/c1-23(2)12-11-13-24(3)26-16-21-35-34(26,7)20-17-27-33(6)19-18-30(39-31(38)25-14-9-8-10-15-25)32(4,5)28(33)22-29(37)36(27,35)40-35/h8-10,14-15,23-24,26-28,30H,11-13,16-22H2,1-7H3/t24-,26-,27-,28+,30+,33-,34-,35+,36+/m1/s1. The smallest absolute Gasteiger partial charge is 0.338 e. The molecule has 1 aromatic carbocycles. The number of carbonyl (C=O) groups excluding carboxylic acids is 2. The number of ketones is 1. The highest BCUT2D eigenvalue weighted by Gasteiger charge is 2.89. The molecule has 220 valence electrons. The first-order valence-electron chi connectivity index (χ1n) is 16.3. The highest BCUT2D eigenvalue weighted by atomic mass is 16.6. The molecule has 40 heavy (non-hydrogen) atoms. The first-order chi connectivity index (χ1) is 18.8. The van der Waals surface area contributed by atoms with E-state index in [1.54, 1.807) is 0 Å². The van der Waals surface area contributed by atoms with Gasteiger partial charge in [0.15, 0.2) is 11.4 Å². The van der Waals surface area contributed by atoms with Crippen molar-refractivity contribution in [3.8, 4) is 0 Å². The Labute approximate surface area is 242 Å². The quantitative estimate of drug-likeness (QED) is 0.253. The average Bonchev–Trinajstić information content (AvgIpc) is 3.51. The van der Waals surface area contributed by atoms with Gasteiger partial charge in [-0.15, -0.1) is 0 Å². The fourth-order valence-corrected chi connectivity index (χ4v) is 11.2. The number of fused-ring (bicyclic) bond motifs is 2. The molecule has 5 fully saturated rings. The molecular formula is C36H52O4. The van der Waals surface area contributed by atoms with Gasteiger partial charge in [0.1, 0.15) is 11.7 Å². The minimum atomic E-state index is -0.582. The lowest BCUT2D eigenvalue weighted by molar-refractivity contribution is -0.175. The zero-order valence-electron chi connectivity index (χ0n) is 26.1. The minimum absolute atomic E-state index is 0.0128. The molecule has 5 aliphatic rings. The normalized spacial score (nSPS) is 43.8. The third-order valence-corrected chi connectivity index (χ3v) is 13.3. The Morgan fingerprint density at radius 2 is 1.68 bits per heavy atom. The highest BCUT2D eigenvalue weighted by Crippen LogP contribution is 2.81. The molecule has 4 saturated carbocycles. The summed E-state index contributed by atoms with van der Waals surface area (Å²) < 4.78 is 13.2. The highest BCUT2D eigenvalue weighted by molar-refractivity contribution is 5.94. The van der Waals surface area contributed by atoms with Crippen molar-refractivity contribution < 1.29 is 19.1 Å². The molecule has 1 saturated heterocycles. The number of hydrogen-bond donors (Lipinski definition) is 0. The van der Waals surface area contributed by atoms with E-state index in [0.717, 1.165) is 31.6 Å². The number of epoxide rings is 1. The summed E-state index contributed by atoms with van der Waals surface area (Å²) in [6.07, 6.45) is 10.6. The van der Waals surface area contributed by atoms with Crippen LogP contribution < -0.4 is 0 Å². The SMILES string of the molecule is CC(C)CCC[C@@H](C)[C@H]1CC[C@@]23O[C@@]24C(=O)C[C@H]2C(C)(C)[C@@H](OC(=O)c5ccccc5)CC[C@]2(C)[C@H]4CC[C@]13C. The molecule has 0 aromatic heterocycles. The van der Waals surface area contributed by atoms with Crippen LogP contribution in [0, 0.1) is 45.8 Å². The van der Waals surface area contributed by atoms with E-state index in [0.29, 0.717) is 29.6 Å². The van der Waals surface area contributed by atoms with Gasteiger partial charge < -0.3 is 9.47 Å². The summed E-state index contributed by atoms with van der Waals surface area (Å²) in [4.78, 5) is 27.4. The van der Waals surface area contributed by atoms with Crippen LogP contribution in [0.2, 0.25) is 0 Å². The summed E-state index contributed by atoms with van der Waals surface area (Å²) in [5, 5.41) is 0. The summed E-state index contributed by atoms with van der Waals surface area (Å²) in [5.74, 6) is 2.63. The summed E-state index contributed by atoms with van der Waals surface area (Å²) in [7, 11) is 0. The number of carbonyl (C=O) groups is 2. The van der Waals surface area contributed by atoms with E-state index in [9.17, 15) is 9.59 Å². The molecule has 0 N–H and O–H groups in total. The Bertz CT molecular complexity index is 1160. The van der Waals surface area contributed by atoms with Gasteiger partial charge >= 0.3 is 5.97 Å². The van der Waals surface area contributed by atoms with Crippen LogP contribution >= 0.6 is 0 Å². The van der Waals surface area contributed by atoms with Gasteiger partial charge in [-0.1, -0.05) is 85.9 Å². The Hall–Kier alpha value is -1.68. The zero-order chi connectivity index (χ0) is 28.7. The van der Waals surface area contributed by atoms with E-state index in [1.165, 1.54) is 32.1 Å². The number of esters is 1. The summed E-state index contributed by atoms with van der Waals surface area (Å²) in [6, 6.07) is 9.30. The van der Waals surface area contributed by atoms with Gasteiger partial charge in [-0.3, -0.25) is 4.79 Å². The van der Waals surface area contributed by atoms with Crippen molar-refractivity contribution in [3.05, 3.63) is 35.9 Å². The molecule has 4 nitrogen and oxygen atoms in total. The number of benzene rings is 1. The van der Waals surface area contributed by atoms with Crippen LogP contribution in [0.25, 0.3) is 0 Å². The van der Waals surface area contributed by atoms with Gasteiger partial charge in [0.25, 0.3) is 0 Å². The van der Waals surface area contributed by atoms with Crippen LogP contribution in [-0.4, -0.2) is 29.1 Å². The molecule has 1 heterocycles. The van der Waals surface area contributed by atoms with Crippen molar-refractivity contribution in [1.29, 1.82) is 0 Å². The first-order valence-corrected chi connectivity index (χ1v) is 16.3. The molecule has 1 aliphatic heterocycles. The van der Waals surface area contributed by atoms with Crippen molar-refractivity contribution in [2.75, 3.05) is 0 Å². The second-order valence-electron chi connectivity index (χ2n) is 15.9. The lowest BCUT2D eigenvalue weighted by atomic mass is 9.40. The number of hydrogen-bond acceptors (Lipinski definition) is 4. The average molecular weight is 549 g/mol. The monoisotopic (exact) mass is 548 g/mol. The van der Waals surface area contributed by atoms with Gasteiger partial charge in [0.05, 0.1) is 5.56 Å². The molecule has 0 unspecified atom stereocenters. The van der Waals surface area contributed by atoms with Gasteiger partial charge in [0, 0.05) is 23.2 Å². The van der Waals surface area contributed by atoms with Crippen LogP contribution in [0.3, 0.4) is 0 Å². The van der Waals surface area contributed by atoms with Crippen LogP contribution in [-0.2, 0) is 14.3 Å². The predicted molar refractivity (Wildman–Crippen MR) is 158 cm³/mol. The zero-order valence-corrected chi connectivity index (χ0v) is 26.1. The molecule has 6 rings (SSSR count). The third kappa shape index (κ3) is 3.72. The fourth-order valence-electron chi connectivity index (χ4n) is 11.2. The maximum absolute atomic E-state index is 14.4. The number of ether oxygens (including phenoxy) is 2. The Morgan fingerprint density at radius 1 is 0.950 bits per heavy atom. The number of Topliss-reactive ketones (excluding diaryl/α,β-unsaturated/α-hetero) is 1. The van der Waals surface area contributed by atoms with E-state index in [4.69, 9.17) is 9.47 Å². The van der Waals surface area contributed by atoms with Crippen molar-refractivity contribution in [2.24, 2.45) is 45.8 Å². The summed E-state index contributed by atoms with van der Waals surface area (Å²) >= 11 is 0. The van der Waals surface area contributed by atoms with E-state index in [1.807, 2.05) is 30.3 Å². The third-order valence-electron chi connectivity index (χ3n) is 13.3. The first kappa shape index (κ1) is 28.4. The van der Waals surface area contributed by atoms with Gasteiger partial charge in [0.2, 0.25) is 0 Å². The second kappa shape index (κ2) is 9.41. The summed E-state index contributed by atoms with van der Waals surface area (Å²) in [5.41, 5.74) is -0.413. The van der Waals surface area contributed by atoms with Gasteiger partial charge in [-0.05, 0) is 79.7 Å². The van der Waals surface area contributed by atoms with E-state index >= 15 is 0 Å². The molecule has 1 aromatic rings. The van der Waals surface area contributed by atoms with Crippen molar-refractivity contribution in [3.63, 3.8) is 0 Å². The van der Waals surface area contributed by atoms with Crippen molar-refractivity contribution in [1.82, 2.24) is 0 Å². The molecule has 0 bridgehead atoms. The lowest BCUT2D eigenvalue weighted by Crippen LogP contribution is -2.66.